The second-order valence-corrected chi connectivity index (χ2v) is 6.60. The van der Waals surface area contributed by atoms with E-state index < -0.39 is 0 Å². The van der Waals surface area contributed by atoms with Gasteiger partial charge in [0.1, 0.15) is 4.60 Å². The van der Waals surface area contributed by atoms with Crippen LogP contribution in [-0.4, -0.2) is 44.4 Å². The monoisotopic (exact) mass is 353 g/mol. The van der Waals surface area contributed by atoms with Crippen molar-refractivity contribution in [3.05, 3.63) is 28.9 Å². The molecule has 2 aromatic heterocycles. The summed E-state index contributed by atoms with van der Waals surface area (Å²) in [5, 5.41) is 3.50. The van der Waals surface area contributed by atoms with E-state index in [4.69, 9.17) is 0 Å². The Morgan fingerprint density at radius 2 is 1.90 bits per heavy atom. The molecule has 116 valence electrons. The molecule has 1 N–H and O–H groups in total. The molecule has 0 aliphatic heterocycles. The molecular formula is C15H24BrN5. The topological polar surface area (TPSA) is 45.5 Å². The largest absolute Gasteiger partial charge is 0.310 e. The number of nitrogens with zero attached hydrogens (tertiary/aromatic N) is 4. The number of halogens is 1. The Morgan fingerprint density at radius 1 is 1.19 bits per heavy atom. The molecular weight excluding hydrogens is 330 g/mol. The first-order valence-corrected chi connectivity index (χ1v) is 8.22. The number of nitrogens with one attached hydrogen (secondary N) is 1. The third kappa shape index (κ3) is 4.25. The smallest absolute Gasteiger partial charge is 0.155 e. The predicted octanol–water partition coefficient (Wildman–Crippen LogP) is 2.70. The van der Waals surface area contributed by atoms with Crippen LogP contribution in [0.2, 0.25) is 0 Å². The molecule has 0 spiro atoms. The van der Waals surface area contributed by atoms with Crippen molar-refractivity contribution in [1.82, 2.24) is 24.6 Å². The lowest BCUT2D eigenvalue weighted by Crippen LogP contribution is -2.41. The lowest BCUT2D eigenvalue weighted by atomic mass is 10.2. The van der Waals surface area contributed by atoms with Crippen LogP contribution >= 0.6 is 15.9 Å². The highest BCUT2D eigenvalue weighted by atomic mass is 79.9. The van der Waals surface area contributed by atoms with E-state index in [0.717, 1.165) is 35.6 Å². The molecule has 0 saturated heterocycles. The van der Waals surface area contributed by atoms with Crippen LogP contribution in [0, 0.1) is 0 Å². The lowest BCUT2D eigenvalue weighted by Gasteiger charge is -2.30. The minimum Gasteiger partial charge on any atom is -0.310 e. The number of rotatable bonds is 7. The van der Waals surface area contributed by atoms with E-state index in [1.54, 1.807) is 6.20 Å². The Labute approximate surface area is 134 Å². The summed E-state index contributed by atoms with van der Waals surface area (Å²) >= 11 is 3.40. The zero-order valence-electron chi connectivity index (χ0n) is 13.2. The normalized spacial score (nSPS) is 12.2. The van der Waals surface area contributed by atoms with Crippen molar-refractivity contribution in [3.63, 3.8) is 0 Å². The van der Waals surface area contributed by atoms with E-state index in [1.165, 1.54) is 0 Å². The molecule has 0 saturated carbocycles. The van der Waals surface area contributed by atoms with Crippen molar-refractivity contribution in [3.8, 4) is 0 Å². The van der Waals surface area contributed by atoms with E-state index >= 15 is 0 Å². The fourth-order valence-electron chi connectivity index (χ4n) is 2.58. The Bertz CT molecular complexity index is 570. The standard InChI is InChI=1S/C15H24BrN5/c1-11(2)20(12(3)4)6-5-17-7-13-8-19-15-9-18-14(16)10-21(13)15/h8-12,17H,5-7H2,1-4H3. The first kappa shape index (κ1) is 16.4. The summed E-state index contributed by atoms with van der Waals surface area (Å²) < 4.78 is 2.88. The molecule has 21 heavy (non-hydrogen) atoms. The maximum Gasteiger partial charge on any atom is 0.155 e. The second-order valence-electron chi connectivity index (χ2n) is 5.79. The highest BCUT2D eigenvalue weighted by Crippen LogP contribution is 2.10. The molecule has 0 amide bonds. The van der Waals surface area contributed by atoms with Crippen LogP contribution in [-0.2, 0) is 6.54 Å². The molecule has 6 heteroatoms. The Balaban J connectivity index is 1.89. The van der Waals surface area contributed by atoms with Crippen LogP contribution in [0.15, 0.2) is 23.2 Å². The molecule has 2 rings (SSSR count). The molecule has 0 unspecified atom stereocenters. The molecule has 0 radical (unpaired) electrons. The van der Waals surface area contributed by atoms with Gasteiger partial charge in [0.15, 0.2) is 5.65 Å². The maximum atomic E-state index is 4.36. The molecule has 0 aromatic carbocycles. The van der Waals surface area contributed by atoms with Gasteiger partial charge >= 0.3 is 0 Å². The van der Waals surface area contributed by atoms with Crippen LogP contribution in [0.3, 0.4) is 0 Å². The van der Waals surface area contributed by atoms with Crippen LogP contribution < -0.4 is 5.32 Å². The molecule has 5 nitrogen and oxygen atoms in total. The van der Waals surface area contributed by atoms with E-state index in [9.17, 15) is 0 Å². The van der Waals surface area contributed by atoms with Crippen LogP contribution in [0.5, 0.6) is 0 Å². The summed E-state index contributed by atoms with van der Waals surface area (Å²) in [5.41, 5.74) is 2.02. The van der Waals surface area contributed by atoms with Gasteiger partial charge < -0.3 is 5.32 Å². The van der Waals surface area contributed by atoms with Gasteiger partial charge in [0, 0.05) is 37.9 Å². The fraction of sp³-hybridized carbons (Fsp3) is 0.600. The highest BCUT2D eigenvalue weighted by Gasteiger charge is 2.12. The molecule has 0 bridgehead atoms. The number of aromatic nitrogens is 3. The van der Waals surface area contributed by atoms with E-state index in [2.05, 4.69) is 68.2 Å². The Morgan fingerprint density at radius 3 is 2.57 bits per heavy atom. The Hall–Kier alpha value is -0.980. The predicted molar refractivity (Wildman–Crippen MR) is 89.4 cm³/mol. The van der Waals surface area contributed by atoms with Crippen molar-refractivity contribution in [1.29, 1.82) is 0 Å². The minimum absolute atomic E-state index is 0.574. The van der Waals surface area contributed by atoms with Gasteiger partial charge in [-0.25, -0.2) is 9.97 Å². The first-order valence-electron chi connectivity index (χ1n) is 7.43. The van der Waals surface area contributed by atoms with Crippen LogP contribution in [0.1, 0.15) is 33.4 Å². The summed E-state index contributed by atoms with van der Waals surface area (Å²) in [5.74, 6) is 0. The molecule has 0 aliphatic rings. The van der Waals surface area contributed by atoms with Gasteiger partial charge in [0.05, 0.1) is 18.1 Å². The SMILES string of the molecule is CC(C)N(CCNCc1cnc2cnc(Br)cn12)C(C)C. The van der Waals surface area contributed by atoms with E-state index in [0.29, 0.717) is 12.1 Å². The average molecular weight is 354 g/mol. The summed E-state index contributed by atoms with van der Waals surface area (Å²) in [6, 6.07) is 1.15. The lowest BCUT2D eigenvalue weighted by molar-refractivity contribution is 0.175. The minimum atomic E-state index is 0.574. The molecule has 0 atom stereocenters. The maximum absolute atomic E-state index is 4.36. The molecule has 2 heterocycles. The third-order valence-corrected chi connectivity index (χ3v) is 4.03. The second kappa shape index (κ2) is 7.33. The van der Waals surface area contributed by atoms with Gasteiger partial charge in [-0.3, -0.25) is 9.30 Å². The molecule has 0 aliphatic carbocycles. The summed E-state index contributed by atoms with van der Waals surface area (Å²) in [6.07, 6.45) is 5.62. The number of hydrogen-bond donors (Lipinski definition) is 1. The quantitative estimate of drug-likeness (QED) is 0.777. The Kier molecular flexibility index (Phi) is 5.72. The summed E-state index contributed by atoms with van der Waals surface area (Å²) in [6.45, 7) is 11.8. The van der Waals surface area contributed by atoms with Gasteiger partial charge in [-0.2, -0.15) is 0 Å². The van der Waals surface area contributed by atoms with Gasteiger partial charge in [0.25, 0.3) is 0 Å². The molecule has 2 aromatic rings. The van der Waals surface area contributed by atoms with Gasteiger partial charge in [0.2, 0.25) is 0 Å². The van der Waals surface area contributed by atoms with Gasteiger partial charge in [-0.05, 0) is 43.6 Å². The van der Waals surface area contributed by atoms with E-state index in [-0.39, 0.29) is 0 Å². The van der Waals surface area contributed by atoms with Gasteiger partial charge in [-0.1, -0.05) is 0 Å². The average Bonchev–Trinajstić information content (AvgIpc) is 2.80. The molecule has 0 fully saturated rings. The fourth-order valence-corrected chi connectivity index (χ4v) is 2.89. The van der Waals surface area contributed by atoms with E-state index in [1.807, 2.05) is 12.4 Å². The van der Waals surface area contributed by atoms with Crippen LogP contribution in [0.4, 0.5) is 0 Å². The third-order valence-electron chi connectivity index (χ3n) is 3.62. The summed E-state index contributed by atoms with van der Waals surface area (Å²) in [7, 11) is 0. The van der Waals surface area contributed by atoms with Crippen molar-refractivity contribution >= 4 is 21.6 Å². The van der Waals surface area contributed by atoms with Crippen molar-refractivity contribution in [2.45, 2.75) is 46.3 Å². The number of fused-ring (bicyclic) bond motifs is 1. The zero-order chi connectivity index (χ0) is 15.4. The number of imidazole rings is 1. The van der Waals surface area contributed by atoms with Crippen molar-refractivity contribution in [2.24, 2.45) is 0 Å². The zero-order valence-corrected chi connectivity index (χ0v) is 14.8. The van der Waals surface area contributed by atoms with Crippen molar-refractivity contribution in [2.75, 3.05) is 13.1 Å². The number of hydrogen-bond acceptors (Lipinski definition) is 4. The highest BCUT2D eigenvalue weighted by molar-refractivity contribution is 9.10. The first-order chi connectivity index (χ1) is 9.99. The summed E-state index contributed by atoms with van der Waals surface area (Å²) in [4.78, 5) is 11.0. The van der Waals surface area contributed by atoms with Crippen LogP contribution in [0.25, 0.3) is 5.65 Å². The van der Waals surface area contributed by atoms with Gasteiger partial charge in [-0.15, -0.1) is 0 Å². The van der Waals surface area contributed by atoms with Crippen molar-refractivity contribution < 1.29 is 0 Å².